The maximum absolute atomic E-state index is 13.1. The van der Waals surface area contributed by atoms with E-state index in [0.29, 0.717) is 25.7 Å². The Morgan fingerprint density at radius 1 is 0.301 bits per heavy atom. The van der Waals surface area contributed by atoms with Crippen molar-refractivity contribution < 1.29 is 80.2 Å². The van der Waals surface area contributed by atoms with Crippen molar-refractivity contribution in [3.63, 3.8) is 0 Å². The van der Waals surface area contributed by atoms with Gasteiger partial charge in [-0.1, -0.05) is 330 Å². The van der Waals surface area contributed by atoms with Crippen LogP contribution in [-0.4, -0.2) is 96.7 Å². The number of rotatable bonds is 73. The average Bonchev–Trinajstić information content (AvgIpc) is 2.60. The van der Waals surface area contributed by atoms with Crippen LogP contribution in [0.1, 0.15) is 382 Å². The predicted octanol–water partition coefficient (Wildman–Crippen LogP) is 21.6. The molecule has 0 amide bonds. The normalized spacial score (nSPS) is 14.6. The van der Waals surface area contributed by atoms with Crippen molar-refractivity contribution in [3.05, 3.63) is 0 Å². The smallest absolute Gasteiger partial charge is 0.462 e. The molecule has 0 fully saturated rings. The SMILES string of the molecule is CCCCCCCCCCCCCCCC(=O)OC[C@H](COP(=O)(O)OC[C@@H](O)COP(=O)(O)OC[C@@H](COC(=O)CCCCCCCCCC)OC(=O)CCCCCCCCC(C)CC)OC(=O)CCCCCCCCCCCCCCCCCCCCC(C)CC. The molecule has 0 aliphatic heterocycles. The minimum absolute atomic E-state index is 0.103. The van der Waals surface area contributed by atoms with E-state index in [1.165, 1.54) is 193 Å². The van der Waals surface area contributed by atoms with Gasteiger partial charge in [-0.2, -0.15) is 0 Å². The summed E-state index contributed by atoms with van der Waals surface area (Å²) in [6.45, 7) is 9.57. The van der Waals surface area contributed by atoms with Gasteiger partial charge in [-0.3, -0.25) is 37.3 Å². The molecule has 7 atom stereocenters. The third kappa shape index (κ3) is 65.8. The molecule has 17 nitrogen and oxygen atoms in total. The Morgan fingerprint density at radius 3 is 0.763 bits per heavy atom. The first kappa shape index (κ1) is 91.1. The first-order valence-corrected chi connectivity index (χ1v) is 41.6. The summed E-state index contributed by atoms with van der Waals surface area (Å²) in [7, 11) is -9.90. The summed E-state index contributed by atoms with van der Waals surface area (Å²) in [5.74, 6) is -0.533. The Balaban J connectivity index is 5.15. The second-order valence-corrected chi connectivity index (χ2v) is 30.1. The van der Waals surface area contributed by atoms with Crippen LogP contribution in [0.25, 0.3) is 0 Å². The highest BCUT2D eigenvalue weighted by atomic mass is 31.2. The van der Waals surface area contributed by atoms with Gasteiger partial charge < -0.3 is 33.8 Å². The first-order valence-electron chi connectivity index (χ1n) is 38.6. The minimum atomic E-state index is -4.95. The van der Waals surface area contributed by atoms with Crippen LogP contribution in [0.15, 0.2) is 0 Å². The quantitative estimate of drug-likeness (QED) is 0.0222. The maximum atomic E-state index is 13.1. The van der Waals surface area contributed by atoms with Crippen molar-refractivity contribution in [1.29, 1.82) is 0 Å². The number of phosphoric ester groups is 2. The van der Waals surface area contributed by atoms with Crippen LogP contribution in [0.5, 0.6) is 0 Å². The lowest BCUT2D eigenvalue weighted by molar-refractivity contribution is -0.161. The largest absolute Gasteiger partial charge is 0.472 e. The number of aliphatic hydroxyl groups excluding tert-OH is 1. The van der Waals surface area contributed by atoms with Gasteiger partial charge in [-0.15, -0.1) is 0 Å². The highest BCUT2D eigenvalue weighted by Crippen LogP contribution is 2.45. The summed E-state index contributed by atoms with van der Waals surface area (Å²) >= 11 is 0. The minimum Gasteiger partial charge on any atom is -0.462 e. The Bertz CT molecular complexity index is 1810. The highest BCUT2D eigenvalue weighted by molar-refractivity contribution is 7.47. The zero-order valence-electron chi connectivity index (χ0n) is 60.6. The number of esters is 4. The first-order chi connectivity index (χ1) is 44.9. The van der Waals surface area contributed by atoms with Crippen LogP contribution in [0.2, 0.25) is 0 Å². The molecule has 0 saturated carbocycles. The monoisotopic (exact) mass is 1370 g/mol. The van der Waals surface area contributed by atoms with Gasteiger partial charge in [0.15, 0.2) is 12.2 Å². The van der Waals surface area contributed by atoms with E-state index in [1.54, 1.807) is 0 Å². The summed E-state index contributed by atoms with van der Waals surface area (Å²) in [4.78, 5) is 72.5. The molecule has 0 radical (unpaired) electrons. The van der Waals surface area contributed by atoms with Crippen LogP contribution in [0.4, 0.5) is 0 Å². The maximum Gasteiger partial charge on any atom is 0.472 e. The van der Waals surface area contributed by atoms with Crippen molar-refractivity contribution in [1.82, 2.24) is 0 Å². The molecule has 0 rings (SSSR count). The van der Waals surface area contributed by atoms with Crippen molar-refractivity contribution in [2.24, 2.45) is 11.8 Å². The Hall–Kier alpha value is -1.94. The van der Waals surface area contributed by atoms with Gasteiger partial charge in [0.25, 0.3) is 0 Å². The molecule has 0 saturated heterocycles. The third-order valence-corrected chi connectivity index (χ3v) is 19.8. The molecule has 3 N–H and O–H groups in total. The standard InChI is InChI=1S/C74H144O17P2/c1-7-11-13-15-17-19-20-27-31-34-38-45-51-57-72(77)85-62-69(90-73(78)58-52-46-39-35-32-29-26-24-22-21-23-25-28-30-33-36-42-48-54-66(5)9-3)64-88-92(80,81)86-60-68(75)61-87-93(82,83)89-65-70(63-84-71(76)56-50-44-37-18-16-14-12-8-2)91-74(79)59-53-47-41-40-43-49-55-67(6)10-4/h66-70,75H,7-65H2,1-6H3,(H,80,81)(H,82,83)/t66?,67?,68-,69-,70-/m1/s1. The van der Waals surface area contributed by atoms with E-state index >= 15 is 0 Å². The predicted molar refractivity (Wildman–Crippen MR) is 377 cm³/mol. The lowest BCUT2D eigenvalue weighted by Crippen LogP contribution is -2.30. The molecular weight excluding hydrogens is 1220 g/mol. The topological polar surface area (TPSA) is 237 Å². The van der Waals surface area contributed by atoms with E-state index < -0.39 is 97.5 Å². The van der Waals surface area contributed by atoms with E-state index in [-0.39, 0.29) is 25.7 Å². The van der Waals surface area contributed by atoms with Gasteiger partial charge >= 0.3 is 39.5 Å². The van der Waals surface area contributed by atoms with Gasteiger partial charge in [-0.05, 0) is 37.5 Å². The second-order valence-electron chi connectivity index (χ2n) is 27.2. The molecular formula is C74H144O17P2. The second kappa shape index (κ2) is 66.0. The summed E-state index contributed by atoms with van der Waals surface area (Å²) in [5, 5.41) is 10.6. The molecule has 4 unspecified atom stereocenters. The zero-order valence-corrected chi connectivity index (χ0v) is 62.3. The fourth-order valence-electron chi connectivity index (χ4n) is 11.2. The lowest BCUT2D eigenvalue weighted by Gasteiger charge is -2.21. The molecule has 0 aliphatic rings. The third-order valence-electron chi connectivity index (χ3n) is 17.9. The van der Waals surface area contributed by atoms with E-state index in [9.17, 15) is 43.2 Å². The van der Waals surface area contributed by atoms with Gasteiger partial charge in [0.2, 0.25) is 0 Å². The number of carbonyl (C=O) groups excluding carboxylic acids is 4. The zero-order chi connectivity index (χ0) is 68.6. The molecule has 0 aromatic heterocycles. The van der Waals surface area contributed by atoms with Crippen molar-refractivity contribution in [2.75, 3.05) is 39.6 Å². The summed E-state index contributed by atoms with van der Waals surface area (Å²) in [5.41, 5.74) is 0. The summed E-state index contributed by atoms with van der Waals surface area (Å²) in [6.07, 6.45) is 52.9. The molecule has 0 aliphatic carbocycles. The molecule has 19 heteroatoms. The van der Waals surface area contributed by atoms with Crippen molar-refractivity contribution >= 4 is 39.5 Å². The van der Waals surface area contributed by atoms with Gasteiger partial charge in [0, 0.05) is 25.7 Å². The molecule has 0 bridgehead atoms. The number of aliphatic hydroxyl groups is 1. The fourth-order valence-corrected chi connectivity index (χ4v) is 12.8. The molecule has 552 valence electrons. The highest BCUT2D eigenvalue weighted by Gasteiger charge is 2.30. The van der Waals surface area contributed by atoms with Crippen LogP contribution in [0, 0.1) is 11.8 Å². The average molecular weight is 1370 g/mol. The number of hydrogen-bond acceptors (Lipinski definition) is 15. The van der Waals surface area contributed by atoms with Crippen molar-refractivity contribution in [2.45, 2.75) is 400 Å². The lowest BCUT2D eigenvalue weighted by atomic mass is 9.99. The number of phosphoric acid groups is 2. The van der Waals surface area contributed by atoms with Crippen LogP contribution >= 0.6 is 15.6 Å². The number of carbonyl (C=O) groups is 4. The van der Waals surface area contributed by atoms with E-state index in [0.717, 1.165) is 108 Å². The molecule has 93 heavy (non-hydrogen) atoms. The van der Waals surface area contributed by atoms with E-state index in [2.05, 4.69) is 41.5 Å². The van der Waals surface area contributed by atoms with Gasteiger partial charge in [0.05, 0.1) is 26.4 Å². The Labute approximate surface area is 568 Å². The number of hydrogen-bond donors (Lipinski definition) is 3. The molecule has 0 aromatic rings. The van der Waals surface area contributed by atoms with Crippen LogP contribution < -0.4 is 0 Å². The molecule has 0 aromatic carbocycles. The van der Waals surface area contributed by atoms with Crippen molar-refractivity contribution in [3.8, 4) is 0 Å². The Morgan fingerprint density at radius 2 is 0.516 bits per heavy atom. The van der Waals surface area contributed by atoms with Crippen LogP contribution in [-0.2, 0) is 65.4 Å². The van der Waals surface area contributed by atoms with E-state index in [4.69, 9.17) is 37.0 Å². The number of unbranched alkanes of at least 4 members (excludes halogenated alkanes) is 41. The molecule has 0 spiro atoms. The summed E-state index contributed by atoms with van der Waals surface area (Å²) < 4.78 is 68.3. The Kier molecular flexibility index (Phi) is 64.6. The summed E-state index contributed by atoms with van der Waals surface area (Å²) in [6, 6.07) is 0. The molecule has 0 heterocycles. The number of ether oxygens (including phenoxy) is 4. The van der Waals surface area contributed by atoms with Gasteiger partial charge in [0.1, 0.15) is 19.3 Å². The fraction of sp³-hybridized carbons (Fsp3) is 0.946. The van der Waals surface area contributed by atoms with Gasteiger partial charge in [-0.25, -0.2) is 9.13 Å². The van der Waals surface area contributed by atoms with Crippen LogP contribution in [0.3, 0.4) is 0 Å². The van der Waals surface area contributed by atoms with E-state index in [1.807, 2.05) is 0 Å².